The van der Waals surface area contributed by atoms with Gasteiger partial charge in [-0.25, -0.2) is 0 Å². The van der Waals surface area contributed by atoms with Crippen molar-refractivity contribution in [2.24, 2.45) is 17.6 Å². The number of amides is 1. The fourth-order valence-electron chi connectivity index (χ4n) is 3.55. The van der Waals surface area contributed by atoms with Crippen LogP contribution in [-0.4, -0.2) is 54.5 Å². The molecule has 0 aromatic heterocycles. The van der Waals surface area contributed by atoms with E-state index in [9.17, 15) is 4.79 Å². The SMILES string of the molecule is CC(C)[C@H](N)C(=O)N1CCC(CCCN2CCCC2)CC1.Cl. The first kappa shape index (κ1) is 19.7. The van der Waals surface area contributed by atoms with Gasteiger partial charge in [0.05, 0.1) is 6.04 Å². The maximum atomic E-state index is 12.2. The van der Waals surface area contributed by atoms with E-state index in [-0.39, 0.29) is 30.3 Å². The van der Waals surface area contributed by atoms with Gasteiger partial charge in [0.15, 0.2) is 0 Å². The highest BCUT2D eigenvalue weighted by Crippen LogP contribution is 2.23. The molecule has 22 heavy (non-hydrogen) atoms. The lowest BCUT2D eigenvalue weighted by molar-refractivity contribution is -0.135. The molecular formula is C17H34ClN3O. The van der Waals surface area contributed by atoms with Crippen LogP contribution in [-0.2, 0) is 4.79 Å². The van der Waals surface area contributed by atoms with Crippen molar-refractivity contribution in [1.29, 1.82) is 0 Å². The van der Waals surface area contributed by atoms with Gasteiger partial charge in [0.2, 0.25) is 5.91 Å². The normalized spacial score (nSPS) is 21.9. The smallest absolute Gasteiger partial charge is 0.239 e. The summed E-state index contributed by atoms with van der Waals surface area (Å²) in [6.45, 7) is 9.75. The van der Waals surface area contributed by atoms with Crippen molar-refractivity contribution in [3.63, 3.8) is 0 Å². The van der Waals surface area contributed by atoms with Gasteiger partial charge >= 0.3 is 0 Å². The molecule has 2 N–H and O–H groups in total. The first-order valence-corrected chi connectivity index (χ1v) is 8.84. The van der Waals surface area contributed by atoms with Gasteiger partial charge in [0.25, 0.3) is 0 Å². The van der Waals surface area contributed by atoms with E-state index in [1.807, 2.05) is 18.7 Å². The molecule has 0 saturated carbocycles. The predicted octanol–water partition coefficient (Wildman–Crippen LogP) is 2.51. The number of hydrogen-bond acceptors (Lipinski definition) is 3. The summed E-state index contributed by atoms with van der Waals surface area (Å²) in [7, 11) is 0. The highest BCUT2D eigenvalue weighted by atomic mass is 35.5. The zero-order chi connectivity index (χ0) is 15.2. The lowest BCUT2D eigenvalue weighted by atomic mass is 9.91. The molecule has 1 atom stereocenters. The summed E-state index contributed by atoms with van der Waals surface area (Å²) in [5, 5.41) is 0. The highest BCUT2D eigenvalue weighted by Gasteiger charge is 2.27. The van der Waals surface area contributed by atoms with E-state index in [4.69, 9.17) is 5.73 Å². The summed E-state index contributed by atoms with van der Waals surface area (Å²) in [5.41, 5.74) is 5.98. The first-order chi connectivity index (χ1) is 10.1. The Morgan fingerprint density at radius 1 is 1.14 bits per heavy atom. The van der Waals surface area contributed by atoms with Crippen LogP contribution in [0.25, 0.3) is 0 Å². The second-order valence-electron chi connectivity index (χ2n) is 7.23. The fraction of sp³-hybridized carbons (Fsp3) is 0.941. The topological polar surface area (TPSA) is 49.6 Å². The Balaban J connectivity index is 0.00000242. The lowest BCUT2D eigenvalue weighted by Gasteiger charge is -2.34. The van der Waals surface area contributed by atoms with Crippen molar-refractivity contribution < 1.29 is 4.79 Å². The Hall–Kier alpha value is -0.320. The van der Waals surface area contributed by atoms with E-state index in [1.165, 1.54) is 45.3 Å². The van der Waals surface area contributed by atoms with Crippen molar-refractivity contribution in [2.75, 3.05) is 32.7 Å². The molecule has 0 radical (unpaired) electrons. The molecular weight excluding hydrogens is 298 g/mol. The van der Waals surface area contributed by atoms with Gasteiger partial charge in [-0.1, -0.05) is 13.8 Å². The average Bonchev–Trinajstić information content (AvgIpc) is 2.99. The fourth-order valence-corrected chi connectivity index (χ4v) is 3.55. The summed E-state index contributed by atoms with van der Waals surface area (Å²) in [6, 6.07) is -0.322. The lowest BCUT2D eigenvalue weighted by Crippen LogP contribution is -2.49. The Morgan fingerprint density at radius 3 is 2.27 bits per heavy atom. The minimum absolute atomic E-state index is 0. The second kappa shape index (κ2) is 9.74. The predicted molar refractivity (Wildman–Crippen MR) is 94.3 cm³/mol. The van der Waals surface area contributed by atoms with Gasteiger partial charge in [-0.05, 0) is 70.0 Å². The molecule has 0 aliphatic carbocycles. The Kier molecular flexibility index (Phi) is 8.73. The Labute approximate surface area is 142 Å². The third kappa shape index (κ3) is 5.71. The summed E-state index contributed by atoms with van der Waals surface area (Å²) >= 11 is 0. The molecule has 4 nitrogen and oxygen atoms in total. The van der Waals surface area contributed by atoms with Crippen LogP contribution in [0.2, 0.25) is 0 Å². The number of nitrogens with two attached hydrogens (primary N) is 1. The molecule has 2 rings (SSSR count). The van der Waals surface area contributed by atoms with Crippen LogP contribution in [0, 0.1) is 11.8 Å². The molecule has 2 aliphatic heterocycles. The van der Waals surface area contributed by atoms with Gasteiger partial charge in [-0.15, -0.1) is 12.4 Å². The highest BCUT2D eigenvalue weighted by molar-refractivity contribution is 5.85. The second-order valence-corrected chi connectivity index (χ2v) is 7.23. The summed E-state index contributed by atoms with van der Waals surface area (Å²) in [4.78, 5) is 16.8. The Morgan fingerprint density at radius 2 is 1.73 bits per heavy atom. The molecule has 0 aromatic rings. The number of rotatable bonds is 6. The number of hydrogen-bond donors (Lipinski definition) is 1. The van der Waals surface area contributed by atoms with Crippen molar-refractivity contribution in [1.82, 2.24) is 9.80 Å². The van der Waals surface area contributed by atoms with Crippen molar-refractivity contribution in [3.05, 3.63) is 0 Å². The van der Waals surface area contributed by atoms with Gasteiger partial charge < -0.3 is 15.5 Å². The van der Waals surface area contributed by atoms with E-state index in [1.54, 1.807) is 0 Å². The van der Waals surface area contributed by atoms with E-state index >= 15 is 0 Å². The number of carbonyl (C=O) groups is 1. The molecule has 130 valence electrons. The number of piperidine rings is 1. The average molecular weight is 332 g/mol. The molecule has 5 heteroatoms. The van der Waals surface area contributed by atoms with Crippen molar-refractivity contribution in [2.45, 2.75) is 58.4 Å². The van der Waals surface area contributed by atoms with Gasteiger partial charge in [0, 0.05) is 13.1 Å². The van der Waals surface area contributed by atoms with E-state index in [0.717, 1.165) is 31.8 Å². The standard InChI is InChI=1S/C17H33N3O.ClH/c1-14(2)16(18)17(21)20-12-7-15(8-13-20)6-5-11-19-9-3-4-10-19;/h14-16H,3-13,18H2,1-2H3;1H/t16-;/m0./s1. The number of halogens is 1. The largest absolute Gasteiger partial charge is 0.341 e. The van der Waals surface area contributed by atoms with E-state index in [2.05, 4.69) is 4.90 Å². The maximum Gasteiger partial charge on any atom is 0.239 e. The quantitative estimate of drug-likeness (QED) is 0.813. The Bertz CT molecular complexity index is 324. The molecule has 2 aliphatic rings. The molecule has 1 amide bonds. The molecule has 0 aromatic carbocycles. The molecule has 0 unspecified atom stereocenters. The van der Waals surface area contributed by atoms with Crippen LogP contribution in [0.4, 0.5) is 0 Å². The summed E-state index contributed by atoms with van der Waals surface area (Å²) in [5.74, 6) is 1.20. The van der Waals surface area contributed by atoms with Gasteiger partial charge in [-0.3, -0.25) is 4.79 Å². The molecule has 0 spiro atoms. The third-order valence-electron chi connectivity index (χ3n) is 5.21. The number of likely N-dealkylation sites (tertiary alicyclic amines) is 2. The third-order valence-corrected chi connectivity index (χ3v) is 5.21. The van der Waals surface area contributed by atoms with Gasteiger partial charge in [-0.2, -0.15) is 0 Å². The summed E-state index contributed by atoms with van der Waals surface area (Å²) < 4.78 is 0. The number of carbonyl (C=O) groups excluding carboxylic acids is 1. The minimum Gasteiger partial charge on any atom is -0.341 e. The molecule has 2 heterocycles. The van der Waals surface area contributed by atoms with Crippen molar-refractivity contribution in [3.8, 4) is 0 Å². The van der Waals surface area contributed by atoms with Crippen LogP contribution in [0.15, 0.2) is 0 Å². The molecule has 0 bridgehead atoms. The zero-order valence-electron chi connectivity index (χ0n) is 14.3. The van der Waals surface area contributed by atoms with Crippen molar-refractivity contribution >= 4 is 18.3 Å². The summed E-state index contributed by atoms with van der Waals surface area (Å²) in [6.07, 6.45) is 7.75. The van der Waals surface area contributed by atoms with E-state index < -0.39 is 0 Å². The maximum absolute atomic E-state index is 12.2. The van der Waals surface area contributed by atoms with Crippen LogP contribution < -0.4 is 5.73 Å². The van der Waals surface area contributed by atoms with Crippen LogP contribution >= 0.6 is 12.4 Å². The molecule has 2 saturated heterocycles. The van der Waals surface area contributed by atoms with Crippen LogP contribution in [0.5, 0.6) is 0 Å². The van der Waals surface area contributed by atoms with Crippen LogP contribution in [0.3, 0.4) is 0 Å². The van der Waals surface area contributed by atoms with E-state index in [0.29, 0.717) is 0 Å². The monoisotopic (exact) mass is 331 g/mol. The number of nitrogens with zero attached hydrogens (tertiary/aromatic N) is 2. The first-order valence-electron chi connectivity index (χ1n) is 8.84. The minimum atomic E-state index is -0.322. The molecule has 2 fully saturated rings. The zero-order valence-corrected chi connectivity index (χ0v) is 15.1. The van der Waals surface area contributed by atoms with Gasteiger partial charge in [0.1, 0.15) is 0 Å². The van der Waals surface area contributed by atoms with Crippen LogP contribution in [0.1, 0.15) is 52.4 Å².